The van der Waals surface area contributed by atoms with E-state index in [0.717, 1.165) is 38.6 Å². The average Bonchev–Trinajstić information content (AvgIpc) is 2.55. The third kappa shape index (κ3) is 5.64. The summed E-state index contributed by atoms with van der Waals surface area (Å²) >= 11 is 0. The number of nitrogens with one attached hydrogen (secondary N) is 1. The van der Waals surface area contributed by atoms with Crippen molar-refractivity contribution in [3.05, 3.63) is 0 Å². The predicted molar refractivity (Wildman–Crippen MR) is 94.4 cm³/mol. The third-order valence-electron chi connectivity index (χ3n) is 5.15. The van der Waals surface area contributed by atoms with Crippen molar-refractivity contribution in [2.45, 2.75) is 64.3 Å². The highest BCUT2D eigenvalue weighted by atomic mass is 35.5. The van der Waals surface area contributed by atoms with E-state index in [0.29, 0.717) is 25.4 Å². The molecule has 2 fully saturated rings. The molecule has 1 heterocycles. The number of rotatable bonds is 5. The number of halogens is 1. The summed E-state index contributed by atoms with van der Waals surface area (Å²) in [7, 11) is 0. The van der Waals surface area contributed by atoms with Crippen LogP contribution in [0.5, 0.6) is 0 Å². The summed E-state index contributed by atoms with van der Waals surface area (Å²) in [5.41, 5.74) is 5.84. The van der Waals surface area contributed by atoms with Crippen molar-refractivity contribution >= 4 is 24.2 Å². The van der Waals surface area contributed by atoms with Crippen molar-refractivity contribution in [1.29, 1.82) is 0 Å². The van der Waals surface area contributed by atoms with Gasteiger partial charge in [0.1, 0.15) is 0 Å². The quantitative estimate of drug-likeness (QED) is 0.801. The van der Waals surface area contributed by atoms with Crippen LogP contribution in [0.2, 0.25) is 0 Å². The molecule has 0 aromatic rings. The first-order chi connectivity index (χ1) is 10.7. The zero-order valence-corrected chi connectivity index (χ0v) is 15.1. The molecule has 1 saturated heterocycles. The highest BCUT2D eigenvalue weighted by molar-refractivity contribution is 5.85. The maximum atomic E-state index is 12.6. The fraction of sp³-hybridized carbons (Fsp3) is 0.882. The largest absolute Gasteiger partial charge is 0.353 e. The average molecular weight is 346 g/mol. The molecular weight excluding hydrogens is 314 g/mol. The SMILES string of the molecule is CCCC(=O)N1CCCC(C(=O)NC2CCCCC2CN)C1.Cl. The van der Waals surface area contributed by atoms with Crippen LogP contribution in [0.4, 0.5) is 0 Å². The summed E-state index contributed by atoms with van der Waals surface area (Å²) in [6.07, 6.45) is 7.83. The predicted octanol–water partition coefficient (Wildman–Crippen LogP) is 2.08. The summed E-state index contributed by atoms with van der Waals surface area (Å²) < 4.78 is 0. The molecule has 5 nitrogen and oxygen atoms in total. The summed E-state index contributed by atoms with van der Waals surface area (Å²) in [5, 5.41) is 3.22. The van der Waals surface area contributed by atoms with Gasteiger partial charge in [0.2, 0.25) is 11.8 Å². The first-order valence-corrected chi connectivity index (χ1v) is 8.94. The van der Waals surface area contributed by atoms with Gasteiger partial charge in [0.25, 0.3) is 0 Å². The van der Waals surface area contributed by atoms with Gasteiger partial charge in [-0.05, 0) is 44.6 Å². The Hall–Kier alpha value is -0.810. The monoisotopic (exact) mass is 345 g/mol. The zero-order chi connectivity index (χ0) is 15.9. The number of likely N-dealkylation sites (tertiary alicyclic amines) is 1. The number of hydrogen-bond donors (Lipinski definition) is 2. The molecule has 0 spiro atoms. The lowest BCUT2D eigenvalue weighted by Gasteiger charge is -2.35. The lowest BCUT2D eigenvalue weighted by atomic mass is 9.84. The lowest BCUT2D eigenvalue weighted by molar-refractivity contribution is -0.136. The smallest absolute Gasteiger partial charge is 0.225 e. The van der Waals surface area contributed by atoms with Crippen molar-refractivity contribution in [2.24, 2.45) is 17.6 Å². The van der Waals surface area contributed by atoms with Crippen LogP contribution in [0.3, 0.4) is 0 Å². The van der Waals surface area contributed by atoms with Gasteiger partial charge in [0.15, 0.2) is 0 Å². The number of amides is 2. The van der Waals surface area contributed by atoms with E-state index in [-0.39, 0.29) is 36.2 Å². The van der Waals surface area contributed by atoms with Gasteiger partial charge < -0.3 is 16.0 Å². The second-order valence-electron chi connectivity index (χ2n) is 6.82. The standard InChI is InChI=1S/C17H31N3O2.ClH/c1-2-6-16(21)20-10-5-8-14(12-20)17(22)19-15-9-4-3-7-13(15)11-18;/h13-15H,2-12,18H2,1H3,(H,19,22);1H. The van der Waals surface area contributed by atoms with Gasteiger partial charge in [-0.3, -0.25) is 9.59 Å². The van der Waals surface area contributed by atoms with Crippen LogP contribution in [0.25, 0.3) is 0 Å². The number of hydrogen-bond acceptors (Lipinski definition) is 3. The summed E-state index contributed by atoms with van der Waals surface area (Å²) in [6.45, 7) is 4.06. The van der Waals surface area contributed by atoms with Crippen molar-refractivity contribution in [1.82, 2.24) is 10.2 Å². The normalized spacial score (nSPS) is 27.9. The number of carbonyl (C=O) groups excluding carboxylic acids is 2. The molecule has 2 rings (SSSR count). The Bertz CT molecular complexity index is 392. The maximum Gasteiger partial charge on any atom is 0.225 e. The molecule has 23 heavy (non-hydrogen) atoms. The molecule has 1 aliphatic carbocycles. The van der Waals surface area contributed by atoms with Gasteiger partial charge in [0, 0.05) is 25.6 Å². The van der Waals surface area contributed by atoms with Crippen LogP contribution in [0, 0.1) is 11.8 Å². The summed E-state index contributed by atoms with van der Waals surface area (Å²) in [4.78, 5) is 26.5. The van der Waals surface area contributed by atoms with Gasteiger partial charge in [-0.15, -0.1) is 12.4 Å². The Morgan fingerprint density at radius 3 is 2.61 bits per heavy atom. The van der Waals surface area contributed by atoms with Crippen molar-refractivity contribution in [2.75, 3.05) is 19.6 Å². The minimum atomic E-state index is -0.0464. The minimum Gasteiger partial charge on any atom is -0.353 e. The van der Waals surface area contributed by atoms with Gasteiger partial charge >= 0.3 is 0 Å². The molecule has 3 atom stereocenters. The van der Waals surface area contributed by atoms with E-state index >= 15 is 0 Å². The second kappa shape index (κ2) is 10.1. The van der Waals surface area contributed by atoms with E-state index in [1.54, 1.807) is 0 Å². The van der Waals surface area contributed by atoms with E-state index in [9.17, 15) is 9.59 Å². The first-order valence-electron chi connectivity index (χ1n) is 8.94. The lowest BCUT2D eigenvalue weighted by Crippen LogP contribution is -2.50. The fourth-order valence-electron chi connectivity index (χ4n) is 3.77. The van der Waals surface area contributed by atoms with Crippen molar-refractivity contribution < 1.29 is 9.59 Å². The van der Waals surface area contributed by atoms with Gasteiger partial charge in [0.05, 0.1) is 5.92 Å². The molecular formula is C17H32ClN3O2. The summed E-state index contributed by atoms with van der Waals surface area (Å²) in [5.74, 6) is 0.686. The molecule has 6 heteroatoms. The fourth-order valence-corrected chi connectivity index (χ4v) is 3.77. The van der Waals surface area contributed by atoms with E-state index in [2.05, 4.69) is 5.32 Å². The first kappa shape index (κ1) is 20.2. The molecule has 1 saturated carbocycles. The second-order valence-corrected chi connectivity index (χ2v) is 6.82. The molecule has 0 bridgehead atoms. The molecule has 0 radical (unpaired) electrons. The van der Waals surface area contributed by atoms with Crippen LogP contribution in [-0.4, -0.2) is 42.4 Å². The van der Waals surface area contributed by atoms with Crippen LogP contribution in [0.1, 0.15) is 58.3 Å². The van der Waals surface area contributed by atoms with Crippen LogP contribution >= 0.6 is 12.4 Å². The molecule has 2 aliphatic rings. The Kier molecular flexibility index (Phi) is 8.92. The summed E-state index contributed by atoms with van der Waals surface area (Å²) in [6, 6.07) is 0.230. The molecule has 1 aliphatic heterocycles. The Morgan fingerprint density at radius 1 is 1.17 bits per heavy atom. The third-order valence-corrected chi connectivity index (χ3v) is 5.15. The van der Waals surface area contributed by atoms with E-state index in [1.807, 2.05) is 11.8 Å². The molecule has 0 aromatic carbocycles. The zero-order valence-electron chi connectivity index (χ0n) is 14.3. The number of nitrogens with zero attached hydrogens (tertiary/aromatic N) is 1. The molecule has 0 aromatic heterocycles. The van der Waals surface area contributed by atoms with Gasteiger partial charge in [-0.1, -0.05) is 19.8 Å². The van der Waals surface area contributed by atoms with E-state index < -0.39 is 0 Å². The topological polar surface area (TPSA) is 75.4 Å². The van der Waals surface area contributed by atoms with Crippen molar-refractivity contribution in [3.63, 3.8) is 0 Å². The minimum absolute atomic E-state index is 0. The van der Waals surface area contributed by atoms with Crippen LogP contribution < -0.4 is 11.1 Å². The number of carbonyl (C=O) groups is 2. The molecule has 3 N–H and O–H groups in total. The van der Waals surface area contributed by atoms with Crippen molar-refractivity contribution in [3.8, 4) is 0 Å². The highest BCUT2D eigenvalue weighted by Gasteiger charge is 2.31. The van der Waals surface area contributed by atoms with Gasteiger partial charge in [-0.2, -0.15) is 0 Å². The Morgan fingerprint density at radius 2 is 1.91 bits per heavy atom. The van der Waals surface area contributed by atoms with Crippen LogP contribution in [-0.2, 0) is 9.59 Å². The highest BCUT2D eigenvalue weighted by Crippen LogP contribution is 2.25. The molecule has 2 amide bonds. The molecule has 134 valence electrons. The van der Waals surface area contributed by atoms with E-state index in [4.69, 9.17) is 5.73 Å². The Balaban J connectivity index is 0.00000264. The van der Waals surface area contributed by atoms with Gasteiger partial charge in [-0.25, -0.2) is 0 Å². The number of nitrogens with two attached hydrogens (primary N) is 1. The van der Waals surface area contributed by atoms with E-state index in [1.165, 1.54) is 12.8 Å². The van der Waals surface area contributed by atoms with Crippen LogP contribution in [0.15, 0.2) is 0 Å². The number of piperidine rings is 1. The maximum absolute atomic E-state index is 12.6. The Labute approximate surface area is 146 Å². The molecule has 3 unspecified atom stereocenters.